The number of nitrogens with one attached hydrogen (secondary N) is 3. The number of anilines is 2. The molecule has 1 aromatic heterocycles. The van der Waals surface area contributed by atoms with Gasteiger partial charge < -0.3 is 15.2 Å². The first kappa shape index (κ1) is 17.3. The van der Waals surface area contributed by atoms with E-state index in [9.17, 15) is 9.59 Å². The summed E-state index contributed by atoms with van der Waals surface area (Å²) in [7, 11) is 0. The van der Waals surface area contributed by atoms with Gasteiger partial charge in [-0.2, -0.15) is 5.10 Å². The van der Waals surface area contributed by atoms with Crippen LogP contribution in [0.15, 0.2) is 48.5 Å². The molecule has 26 heavy (non-hydrogen) atoms. The number of aromatic amines is 1. The number of aromatic nitrogens is 2. The Morgan fingerprint density at radius 2 is 1.96 bits per heavy atom. The van der Waals surface area contributed by atoms with Gasteiger partial charge in [0, 0.05) is 11.1 Å². The number of aliphatic carboxylic acids is 1. The second kappa shape index (κ2) is 7.56. The number of hydrogen-bond donors (Lipinski definition) is 4. The van der Waals surface area contributed by atoms with Gasteiger partial charge in [-0.1, -0.05) is 25.1 Å². The van der Waals surface area contributed by atoms with Crippen molar-refractivity contribution in [3.05, 3.63) is 48.5 Å². The van der Waals surface area contributed by atoms with Crippen molar-refractivity contribution < 1.29 is 19.4 Å². The van der Waals surface area contributed by atoms with Gasteiger partial charge in [-0.05, 0) is 36.8 Å². The van der Waals surface area contributed by atoms with E-state index in [1.54, 1.807) is 37.3 Å². The molecule has 2 aromatic carbocycles. The molecule has 8 heteroatoms. The molecule has 0 bridgehead atoms. The van der Waals surface area contributed by atoms with Crippen LogP contribution in [0.4, 0.5) is 16.3 Å². The molecule has 0 aliphatic rings. The fraction of sp³-hybridized carbons (Fsp3) is 0.167. The number of para-hydroxylation sites is 1. The van der Waals surface area contributed by atoms with E-state index in [-0.39, 0.29) is 0 Å². The van der Waals surface area contributed by atoms with Crippen molar-refractivity contribution in [2.45, 2.75) is 19.4 Å². The average molecular weight is 354 g/mol. The summed E-state index contributed by atoms with van der Waals surface area (Å²) in [6.07, 6.45) is -0.597. The van der Waals surface area contributed by atoms with E-state index in [4.69, 9.17) is 9.84 Å². The van der Waals surface area contributed by atoms with Crippen molar-refractivity contribution in [3.63, 3.8) is 0 Å². The highest BCUT2D eigenvalue weighted by Gasteiger charge is 2.18. The Balaban J connectivity index is 1.77. The molecule has 8 nitrogen and oxygen atoms in total. The number of urea groups is 1. The number of amides is 2. The molecule has 1 unspecified atom stereocenters. The van der Waals surface area contributed by atoms with Gasteiger partial charge in [0.1, 0.15) is 5.75 Å². The Morgan fingerprint density at radius 3 is 2.65 bits per heavy atom. The monoisotopic (exact) mass is 354 g/mol. The Hall–Kier alpha value is -3.55. The third-order valence-electron chi connectivity index (χ3n) is 3.72. The van der Waals surface area contributed by atoms with E-state index in [1.165, 1.54) is 0 Å². The van der Waals surface area contributed by atoms with Crippen LogP contribution in [0.2, 0.25) is 0 Å². The first-order chi connectivity index (χ1) is 12.6. The molecule has 3 aromatic rings. The number of H-pyrrole nitrogens is 1. The topological polar surface area (TPSA) is 116 Å². The summed E-state index contributed by atoms with van der Waals surface area (Å²) in [6, 6.07) is 13.6. The van der Waals surface area contributed by atoms with E-state index in [1.807, 2.05) is 18.2 Å². The molecule has 0 aliphatic heterocycles. The van der Waals surface area contributed by atoms with E-state index in [2.05, 4.69) is 20.8 Å². The highest BCUT2D eigenvalue weighted by Crippen LogP contribution is 2.26. The van der Waals surface area contributed by atoms with E-state index < -0.39 is 18.1 Å². The van der Waals surface area contributed by atoms with Crippen LogP contribution in [0.1, 0.15) is 13.3 Å². The average Bonchev–Trinajstić information content (AvgIpc) is 3.02. The van der Waals surface area contributed by atoms with Gasteiger partial charge in [0.05, 0.1) is 5.52 Å². The second-order valence-corrected chi connectivity index (χ2v) is 5.58. The minimum Gasteiger partial charge on any atom is -0.479 e. The lowest BCUT2D eigenvalue weighted by molar-refractivity contribution is -0.145. The minimum atomic E-state index is -1.03. The SMILES string of the molecule is CCC(Oc1ccc2[nH]nc(NC(=O)Nc3ccccc3)c2c1)C(=O)O. The van der Waals surface area contributed by atoms with Crippen LogP contribution in [0.5, 0.6) is 5.75 Å². The maximum atomic E-state index is 12.1. The quantitative estimate of drug-likeness (QED) is 0.541. The third kappa shape index (κ3) is 3.92. The first-order valence-corrected chi connectivity index (χ1v) is 8.07. The lowest BCUT2D eigenvalue weighted by Crippen LogP contribution is -2.25. The molecule has 3 rings (SSSR count). The van der Waals surface area contributed by atoms with Crippen LogP contribution in [0.25, 0.3) is 10.9 Å². The van der Waals surface area contributed by atoms with Crippen LogP contribution in [-0.4, -0.2) is 33.4 Å². The van der Waals surface area contributed by atoms with Gasteiger partial charge in [-0.3, -0.25) is 10.4 Å². The standard InChI is InChI=1S/C18H18N4O4/c1-2-15(17(23)24)26-12-8-9-14-13(10-12)16(22-21-14)20-18(25)19-11-6-4-3-5-7-11/h3-10,15H,2H2,1H3,(H,23,24)(H3,19,20,21,22,25). The van der Waals surface area contributed by atoms with Gasteiger partial charge in [-0.25, -0.2) is 9.59 Å². The summed E-state index contributed by atoms with van der Waals surface area (Å²) in [4.78, 5) is 23.3. The maximum absolute atomic E-state index is 12.1. The summed E-state index contributed by atoms with van der Waals surface area (Å²) in [5.74, 6) is -0.317. The molecule has 0 aliphatic carbocycles. The van der Waals surface area contributed by atoms with E-state index in [0.29, 0.717) is 34.6 Å². The van der Waals surface area contributed by atoms with E-state index >= 15 is 0 Å². The number of benzene rings is 2. The number of rotatable bonds is 6. The first-order valence-electron chi connectivity index (χ1n) is 8.07. The third-order valence-corrected chi connectivity index (χ3v) is 3.72. The van der Waals surface area contributed by atoms with Gasteiger partial charge >= 0.3 is 12.0 Å². The molecule has 1 heterocycles. The minimum absolute atomic E-state index is 0.322. The van der Waals surface area contributed by atoms with Crippen LogP contribution in [-0.2, 0) is 4.79 Å². The predicted molar refractivity (Wildman–Crippen MR) is 97.5 cm³/mol. The van der Waals surface area contributed by atoms with Crippen molar-refractivity contribution >= 4 is 34.4 Å². The molecule has 2 amide bonds. The molecule has 1 atom stereocenters. The summed E-state index contributed by atoms with van der Waals surface area (Å²) < 4.78 is 5.49. The number of carboxylic acid groups (broad SMARTS) is 1. The predicted octanol–water partition coefficient (Wildman–Crippen LogP) is 3.45. The summed E-state index contributed by atoms with van der Waals surface area (Å²) in [6.45, 7) is 1.73. The Kier molecular flexibility index (Phi) is 5.02. The fourth-order valence-electron chi connectivity index (χ4n) is 2.43. The molecule has 0 radical (unpaired) electrons. The Morgan fingerprint density at radius 1 is 1.19 bits per heavy atom. The summed E-state index contributed by atoms with van der Waals surface area (Å²) in [5, 5.41) is 22.0. The number of fused-ring (bicyclic) bond motifs is 1. The van der Waals surface area contributed by atoms with Crippen molar-refractivity contribution in [3.8, 4) is 5.75 Å². The number of carboxylic acids is 1. The van der Waals surface area contributed by atoms with Gasteiger partial charge in [-0.15, -0.1) is 0 Å². The molecule has 0 fully saturated rings. The zero-order valence-electron chi connectivity index (χ0n) is 14.0. The Bertz CT molecular complexity index is 923. The van der Waals surface area contributed by atoms with Crippen LogP contribution < -0.4 is 15.4 Å². The highest BCUT2D eigenvalue weighted by molar-refractivity contribution is 6.04. The van der Waals surface area contributed by atoms with Crippen molar-refractivity contribution in [2.24, 2.45) is 0 Å². The van der Waals surface area contributed by atoms with Crippen molar-refractivity contribution in [2.75, 3.05) is 10.6 Å². The maximum Gasteiger partial charge on any atom is 0.344 e. The largest absolute Gasteiger partial charge is 0.479 e. The number of carbonyl (C=O) groups is 2. The molecule has 134 valence electrons. The summed E-state index contributed by atoms with van der Waals surface area (Å²) in [5.41, 5.74) is 1.34. The van der Waals surface area contributed by atoms with Gasteiger partial charge in [0.15, 0.2) is 11.9 Å². The van der Waals surface area contributed by atoms with E-state index in [0.717, 1.165) is 0 Å². The number of nitrogens with zero attached hydrogens (tertiary/aromatic N) is 1. The lowest BCUT2D eigenvalue weighted by Gasteiger charge is -2.13. The molecule has 0 saturated carbocycles. The number of ether oxygens (including phenoxy) is 1. The molecular weight excluding hydrogens is 336 g/mol. The lowest BCUT2D eigenvalue weighted by atomic mass is 10.2. The second-order valence-electron chi connectivity index (χ2n) is 5.58. The number of hydrogen-bond acceptors (Lipinski definition) is 4. The zero-order chi connectivity index (χ0) is 18.5. The van der Waals surface area contributed by atoms with Crippen molar-refractivity contribution in [1.29, 1.82) is 0 Å². The summed E-state index contributed by atoms with van der Waals surface area (Å²) >= 11 is 0. The van der Waals surface area contributed by atoms with Gasteiger partial charge in [0.25, 0.3) is 0 Å². The van der Waals surface area contributed by atoms with Crippen LogP contribution in [0.3, 0.4) is 0 Å². The van der Waals surface area contributed by atoms with Gasteiger partial charge in [0.2, 0.25) is 0 Å². The molecular formula is C18H18N4O4. The van der Waals surface area contributed by atoms with Crippen LogP contribution in [0, 0.1) is 0 Å². The molecule has 0 saturated heterocycles. The highest BCUT2D eigenvalue weighted by atomic mass is 16.5. The van der Waals surface area contributed by atoms with Crippen LogP contribution >= 0.6 is 0 Å². The fourth-order valence-corrected chi connectivity index (χ4v) is 2.43. The Labute approximate surface area is 149 Å². The normalized spacial score (nSPS) is 11.7. The van der Waals surface area contributed by atoms with Crippen molar-refractivity contribution in [1.82, 2.24) is 10.2 Å². The zero-order valence-corrected chi connectivity index (χ0v) is 14.0. The number of carbonyl (C=O) groups excluding carboxylic acids is 1. The molecule has 4 N–H and O–H groups in total. The molecule has 0 spiro atoms. The smallest absolute Gasteiger partial charge is 0.344 e.